The maximum atomic E-state index is 12.4. The molecule has 0 aliphatic heterocycles. The fourth-order valence-corrected chi connectivity index (χ4v) is 2.33. The summed E-state index contributed by atoms with van der Waals surface area (Å²) in [6.45, 7) is 4.33. The lowest BCUT2D eigenvalue weighted by atomic mass is 10.1. The van der Waals surface area contributed by atoms with Crippen molar-refractivity contribution in [2.75, 3.05) is 7.05 Å². The summed E-state index contributed by atoms with van der Waals surface area (Å²) < 4.78 is 6.34. The quantitative estimate of drug-likeness (QED) is 0.858. The molecule has 0 bridgehead atoms. The second-order valence-corrected chi connectivity index (χ2v) is 5.40. The van der Waals surface area contributed by atoms with Gasteiger partial charge in [0.1, 0.15) is 11.5 Å². The Balaban J connectivity index is 2.17. The van der Waals surface area contributed by atoms with E-state index in [4.69, 9.17) is 4.42 Å². The summed E-state index contributed by atoms with van der Waals surface area (Å²) in [7, 11) is 1.77. The average molecular weight is 322 g/mol. The number of carbonyl (C=O) groups is 1. The molecule has 2 aromatic rings. The zero-order valence-electron chi connectivity index (χ0n) is 11.2. The molecular weight excluding hydrogens is 306 g/mol. The maximum absolute atomic E-state index is 12.4. The van der Waals surface area contributed by atoms with E-state index in [0.717, 1.165) is 21.6 Å². The molecule has 1 aromatic heterocycles. The Hall–Kier alpha value is -1.55. The number of nitrogens with zero attached hydrogens (tertiary/aromatic N) is 1. The molecule has 0 aliphatic rings. The van der Waals surface area contributed by atoms with Gasteiger partial charge >= 0.3 is 0 Å². The van der Waals surface area contributed by atoms with Gasteiger partial charge in [-0.15, -0.1) is 0 Å². The minimum atomic E-state index is -0.0235. The highest BCUT2D eigenvalue weighted by atomic mass is 79.9. The third-order valence-electron chi connectivity index (χ3n) is 2.96. The van der Waals surface area contributed by atoms with Crippen LogP contribution in [0.5, 0.6) is 0 Å². The van der Waals surface area contributed by atoms with Crippen molar-refractivity contribution in [2.24, 2.45) is 0 Å². The van der Waals surface area contributed by atoms with Crippen LogP contribution in [0.1, 0.15) is 27.4 Å². The minimum absolute atomic E-state index is 0.0235. The molecule has 1 heterocycles. The second-order valence-electron chi connectivity index (χ2n) is 4.61. The molecule has 0 aliphatic carbocycles. The number of furan rings is 1. The highest BCUT2D eigenvalue weighted by molar-refractivity contribution is 9.10. The van der Waals surface area contributed by atoms with E-state index >= 15 is 0 Å². The molecule has 1 amide bonds. The fraction of sp³-hybridized carbons (Fsp3) is 0.267. The van der Waals surface area contributed by atoms with E-state index in [9.17, 15) is 4.79 Å². The summed E-state index contributed by atoms with van der Waals surface area (Å²) in [5.74, 6) is 1.62. The number of hydrogen-bond acceptors (Lipinski definition) is 2. The topological polar surface area (TPSA) is 33.5 Å². The van der Waals surface area contributed by atoms with Gasteiger partial charge in [0.2, 0.25) is 0 Å². The van der Waals surface area contributed by atoms with Crippen LogP contribution in [0.3, 0.4) is 0 Å². The van der Waals surface area contributed by atoms with Gasteiger partial charge in [-0.1, -0.05) is 12.1 Å². The van der Waals surface area contributed by atoms with Gasteiger partial charge < -0.3 is 9.32 Å². The van der Waals surface area contributed by atoms with E-state index in [1.165, 1.54) is 0 Å². The third kappa shape index (κ3) is 3.07. The van der Waals surface area contributed by atoms with Gasteiger partial charge in [0.25, 0.3) is 5.91 Å². The molecule has 0 saturated heterocycles. The van der Waals surface area contributed by atoms with Crippen molar-refractivity contribution in [3.8, 4) is 0 Å². The Bertz CT molecular complexity index is 604. The van der Waals surface area contributed by atoms with Crippen molar-refractivity contribution in [1.29, 1.82) is 0 Å². The standard InChI is InChI=1S/C15H16BrNO2/c1-10-5-4-6-13(14(10)16)15(18)17(3)9-12-8-7-11(2)19-12/h4-8H,9H2,1-3H3. The van der Waals surface area contributed by atoms with Gasteiger partial charge in [-0.25, -0.2) is 0 Å². The van der Waals surface area contributed by atoms with Gasteiger partial charge in [-0.05, 0) is 53.5 Å². The predicted molar refractivity (Wildman–Crippen MR) is 78.1 cm³/mol. The van der Waals surface area contributed by atoms with Crippen LogP contribution in [0.25, 0.3) is 0 Å². The Labute approximate surface area is 121 Å². The Morgan fingerprint density at radius 1 is 1.26 bits per heavy atom. The number of aryl methyl sites for hydroxylation is 2. The summed E-state index contributed by atoms with van der Waals surface area (Å²) in [5.41, 5.74) is 1.72. The monoisotopic (exact) mass is 321 g/mol. The first-order valence-corrected chi connectivity index (χ1v) is 6.84. The molecule has 0 saturated carbocycles. The van der Waals surface area contributed by atoms with Gasteiger partial charge in [0.15, 0.2) is 0 Å². The molecule has 19 heavy (non-hydrogen) atoms. The van der Waals surface area contributed by atoms with Crippen molar-refractivity contribution >= 4 is 21.8 Å². The van der Waals surface area contributed by atoms with Gasteiger partial charge in [0.05, 0.1) is 12.1 Å². The normalized spacial score (nSPS) is 10.5. The third-order valence-corrected chi connectivity index (χ3v) is 4.01. The second kappa shape index (κ2) is 5.61. The van der Waals surface area contributed by atoms with E-state index in [-0.39, 0.29) is 5.91 Å². The maximum Gasteiger partial charge on any atom is 0.255 e. The molecule has 0 radical (unpaired) electrons. The number of benzene rings is 1. The molecule has 2 rings (SSSR count). The molecular formula is C15H16BrNO2. The van der Waals surface area contributed by atoms with E-state index < -0.39 is 0 Å². The molecule has 100 valence electrons. The first-order chi connectivity index (χ1) is 8.99. The van der Waals surface area contributed by atoms with Crippen LogP contribution >= 0.6 is 15.9 Å². The number of amides is 1. The fourth-order valence-electron chi connectivity index (χ4n) is 1.89. The van der Waals surface area contributed by atoms with E-state index in [2.05, 4.69) is 15.9 Å². The van der Waals surface area contributed by atoms with E-state index in [1.807, 2.05) is 44.2 Å². The molecule has 3 nitrogen and oxygen atoms in total. The molecule has 0 unspecified atom stereocenters. The Morgan fingerprint density at radius 3 is 2.63 bits per heavy atom. The van der Waals surface area contributed by atoms with Crippen molar-refractivity contribution < 1.29 is 9.21 Å². The van der Waals surface area contributed by atoms with Gasteiger partial charge in [0, 0.05) is 11.5 Å². The van der Waals surface area contributed by atoms with Crippen LogP contribution in [-0.2, 0) is 6.54 Å². The molecule has 0 N–H and O–H groups in total. The summed E-state index contributed by atoms with van der Waals surface area (Å²) in [4.78, 5) is 14.0. The lowest BCUT2D eigenvalue weighted by molar-refractivity contribution is 0.0774. The summed E-state index contributed by atoms with van der Waals surface area (Å²) in [6.07, 6.45) is 0. The van der Waals surface area contributed by atoms with Crippen LogP contribution in [0.4, 0.5) is 0 Å². The van der Waals surface area contributed by atoms with Crippen molar-refractivity contribution in [2.45, 2.75) is 20.4 Å². The van der Waals surface area contributed by atoms with Crippen molar-refractivity contribution in [3.63, 3.8) is 0 Å². The lowest BCUT2D eigenvalue weighted by Crippen LogP contribution is -2.26. The molecule has 4 heteroatoms. The smallest absolute Gasteiger partial charge is 0.255 e. The Kier molecular flexibility index (Phi) is 4.10. The molecule has 0 spiro atoms. The first kappa shape index (κ1) is 13.9. The zero-order chi connectivity index (χ0) is 14.0. The lowest BCUT2D eigenvalue weighted by Gasteiger charge is -2.17. The largest absolute Gasteiger partial charge is 0.464 e. The van der Waals surface area contributed by atoms with Crippen LogP contribution in [0.2, 0.25) is 0 Å². The number of rotatable bonds is 3. The highest BCUT2D eigenvalue weighted by Gasteiger charge is 2.16. The summed E-state index contributed by atoms with van der Waals surface area (Å²) >= 11 is 3.47. The summed E-state index contributed by atoms with van der Waals surface area (Å²) in [6, 6.07) is 9.47. The predicted octanol–water partition coefficient (Wildman–Crippen LogP) is 3.93. The highest BCUT2D eigenvalue weighted by Crippen LogP contribution is 2.22. The van der Waals surface area contributed by atoms with Crippen LogP contribution in [0.15, 0.2) is 39.2 Å². The minimum Gasteiger partial charge on any atom is -0.464 e. The van der Waals surface area contributed by atoms with Crippen molar-refractivity contribution in [3.05, 3.63) is 57.5 Å². The number of carbonyl (C=O) groups excluding carboxylic acids is 1. The molecule has 0 atom stereocenters. The van der Waals surface area contributed by atoms with E-state index in [0.29, 0.717) is 12.1 Å². The van der Waals surface area contributed by atoms with Gasteiger partial charge in [-0.2, -0.15) is 0 Å². The average Bonchev–Trinajstić information content (AvgIpc) is 2.77. The van der Waals surface area contributed by atoms with Crippen molar-refractivity contribution in [1.82, 2.24) is 4.90 Å². The van der Waals surface area contributed by atoms with Crippen LogP contribution < -0.4 is 0 Å². The number of hydrogen-bond donors (Lipinski definition) is 0. The molecule has 0 fully saturated rings. The van der Waals surface area contributed by atoms with E-state index in [1.54, 1.807) is 11.9 Å². The van der Waals surface area contributed by atoms with Crippen LogP contribution in [-0.4, -0.2) is 17.9 Å². The number of halogens is 1. The van der Waals surface area contributed by atoms with Gasteiger partial charge in [-0.3, -0.25) is 4.79 Å². The SMILES string of the molecule is Cc1ccc(CN(C)C(=O)c2cccc(C)c2Br)o1. The van der Waals surface area contributed by atoms with Crippen LogP contribution in [0, 0.1) is 13.8 Å². The molecule has 1 aromatic carbocycles. The first-order valence-electron chi connectivity index (χ1n) is 6.05. The Morgan fingerprint density at radius 2 is 2.00 bits per heavy atom. The zero-order valence-corrected chi connectivity index (χ0v) is 12.8. The summed E-state index contributed by atoms with van der Waals surface area (Å²) in [5, 5.41) is 0.